The Morgan fingerprint density at radius 1 is 1.12 bits per heavy atom. The van der Waals surface area contributed by atoms with Gasteiger partial charge in [-0.25, -0.2) is 9.59 Å². The van der Waals surface area contributed by atoms with Crippen LogP contribution in [0.3, 0.4) is 0 Å². The lowest BCUT2D eigenvalue weighted by Gasteiger charge is -2.13. The van der Waals surface area contributed by atoms with Crippen LogP contribution in [0.15, 0.2) is 54.6 Å². The first-order valence-corrected chi connectivity index (χ1v) is 7.83. The number of benzene rings is 2. The van der Waals surface area contributed by atoms with E-state index in [1.54, 1.807) is 6.07 Å². The van der Waals surface area contributed by atoms with E-state index in [-0.39, 0.29) is 12.1 Å². The number of hydrogen-bond acceptors (Lipinski definition) is 5. The third-order valence-corrected chi connectivity index (χ3v) is 3.41. The lowest BCUT2D eigenvalue weighted by molar-refractivity contribution is -0.127. The molecule has 0 bridgehead atoms. The van der Waals surface area contributed by atoms with Gasteiger partial charge in [-0.1, -0.05) is 36.4 Å². The number of carbonyl (C=O) groups is 3. The highest BCUT2D eigenvalue weighted by Crippen LogP contribution is 2.07. The number of nitrogens with zero attached hydrogens (tertiary/aromatic N) is 1. The van der Waals surface area contributed by atoms with E-state index in [4.69, 9.17) is 10.00 Å². The average molecular weight is 351 g/mol. The fourth-order valence-electron chi connectivity index (χ4n) is 2.03. The molecule has 0 aliphatic carbocycles. The number of amides is 3. The Labute approximate surface area is 150 Å². The first-order valence-electron chi connectivity index (χ1n) is 7.83. The van der Waals surface area contributed by atoms with E-state index in [1.165, 1.54) is 25.1 Å². The molecule has 1 atom stereocenters. The molecule has 0 unspecified atom stereocenters. The second-order valence-corrected chi connectivity index (χ2v) is 5.40. The number of nitriles is 1. The molecule has 0 aliphatic heterocycles. The number of rotatable bonds is 5. The number of imide groups is 1. The molecule has 132 valence electrons. The maximum Gasteiger partial charge on any atom is 0.338 e. The van der Waals surface area contributed by atoms with Crippen LogP contribution in [0.1, 0.15) is 28.4 Å². The molecular formula is C19H17N3O4. The van der Waals surface area contributed by atoms with E-state index in [2.05, 4.69) is 10.6 Å². The van der Waals surface area contributed by atoms with Crippen LogP contribution >= 0.6 is 0 Å². The molecule has 0 radical (unpaired) electrons. The zero-order chi connectivity index (χ0) is 18.9. The summed E-state index contributed by atoms with van der Waals surface area (Å²) >= 11 is 0. The highest BCUT2D eigenvalue weighted by atomic mass is 16.5. The minimum atomic E-state index is -1.17. The van der Waals surface area contributed by atoms with E-state index in [0.717, 1.165) is 5.56 Å². The summed E-state index contributed by atoms with van der Waals surface area (Å²) in [5, 5.41) is 13.5. The van der Waals surface area contributed by atoms with Gasteiger partial charge in [0.05, 0.1) is 17.2 Å². The average Bonchev–Trinajstić information content (AvgIpc) is 2.67. The van der Waals surface area contributed by atoms with E-state index in [0.29, 0.717) is 5.56 Å². The molecule has 0 heterocycles. The zero-order valence-electron chi connectivity index (χ0n) is 14.1. The molecule has 2 aromatic carbocycles. The second kappa shape index (κ2) is 8.99. The van der Waals surface area contributed by atoms with E-state index >= 15 is 0 Å². The highest BCUT2D eigenvalue weighted by molar-refractivity contribution is 5.98. The van der Waals surface area contributed by atoms with Crippen molar-refractivity contribution >= 4 is 17.9 Å². The molecular weight excluding hydrogens is 334 g/mol. The highest BCUT2D eigenvalue weighted by Gasteiger charge is 2.20. The van der Waals surface area contributed by atoms with Crippen molar-refractivity contribution in [1.82, 2.24) is 10.6 Å². The minimum Gasteiger partial charge on any atom is -0.449 e. The predicted octanol–water partition coefficient (Wildman–Crippen LogP) is 2.13. The number of esters is 1. The Hall–Kier alpha value is -3.66. The number of hydrogen-bond donors (Lipinski definition) is 2. The summed E-state index contributed by atoms with van der Waals surface area (Å²) in [7, 11) is 0. The number of urea groups is 1. The topological polar surface area (TPSA) is 108 Å². The molecule has 26 heavy (non-hydrogen) atoms. The summed E-state index contributed by atoms with van der Waals surface area (Å²) in [6, 6.07) is 16.3. The van der Waals surface area contributed by atoms with E-state index in [1.807, 2.05) is 36.4 Å². The molecule has 2 rings (SSSR count). The number of carbonyl (C=O) groups excluding carboxylic acids is 3. The maximum atomic E-state index is 12.0. The van der Waals surface area contributed by atoms with Gasteiger partial charge in [-0.15, -0.1) is 0 Å². The molecule has 0 saturated heterocycles. The van der Waals surface area contributed by atoms with Crippen LogP contribution in [-0.4, -0.2) is 24.0 Å². The fourth-order valence-corrected chi connectivity index (χ4v) is 2.03. The second-order valence-electron chi connectivity index (χ2n) is 5.40. The van der Waals surface area contributed by atoms with Crippen LogP contribution in [0, 0.1) is 11.3 Å². The van der Waals surface area contributed by atoms with Crippen molar-refractivity contribution in [2.24, 2.45) is 0 Å². The van der Waals surface area contributed by atoms with Crippen molar-refractivity contribution < 1.29 is 19.1 Å². The third kappa shape index (κ3) is 5.46. The van der Waals surface area contributed by atoms with Crippen LogP contribution < -0.4 is 10.6 Å². The van der Waals surface area contributed by atoms with Gasteiger partial charge in [0.25, 0.3) is 5.91 Å². The Morgan fingerprint density at radius 3 is 2.54 bits per heavy atom. The lowest BCUT2D eigenvalue weighted by atomic mass is 10.1. The fraction of sp³-hybridized carbons (Fsp3) is 0.158. The van der Waals surface area contributed by atoms with E-state index < -0.39 is 24.0 Å². The number of nitrogens with one attached hydrogen (secondary N) is 2. The standard InChI is InChI=1S/C19H17N3O4/c1-13(26-18(24)16-9-5-8-15(10-16)11-20)17(23)22-19(25)21-12-14-6-3-2-4-7-14/h2-10,13H,12H2,1H3,(H2,21,22,23,25)/t13-/m1/s1. The Balaban J connectivity index is 1.83. The Bertz CT molecular complexity index is 843. The molecule has 7 heteroatoms. The summed E-state index contributed by atoms with van der Waals surface area (Å²) < 4.78 is 5.02. The van der Waals surface area contributed by atoms with Gasteiger partial charge in [-0.2, -0.15) is 5.26 Å². The monoisotopic (exact) mass is 351 g/mol. The van der Waals surface area contributed by atoms with Crippen molar-refractivity contribution in [3.63, 3.8) is 0 Å². The van der Waals surface area contributed by atoms with Crippen LogP contribution in [0.2, 0.25) is 0 Å². The predicted molar refractivity (Wildman–Crippen MR) is 92.9 cm³/mol. The molecule has 0 spiro atoms. The van der Waals surface area contributed by atoms with Crippen molar-refractivity contribution in [2.75, 3.05) is 0 Å². The molecule has 0 aromatic heterocycles. The summed E-state index contributed by atoms with van der Waals surface area (Å²) in [4.78, 5) is 35.7. The van der Waals surface area contributed by atoms with Gasteiger partial charge in [0.1, 0.15) is 0 Å². The number of ether oxygens (including phenoxy) is 1. The van der Waals surface area contributed by atoms with Crippen molar-refractivity contribution in [2.45, 2.75) is 19.6 Å². The van der Waals surface area contributed by atoms with Gasteiger partial charge in [0, 0.05) is 6.54 Å². The normalized spacial score (nSPS) is 10.9. The molecule has 3 amide bonds. The van der Waals surface area contributed by atoms with Crippen molar-refractivity contribution in [1.29, 1.82) is 5.26 Å². The van der Waals surface area contributed by atoms with E-state index in [9.17, 15) is 14.4 Å². The molecule has 7 nitrogen and oxygen atoms in total. The first kappa shape index (κ1) is 18.7. The van der Waals surface area contributed by atoms with Crippen LogP contribution in [-0.2, 0) is 16.1 Å². The Morgan fingerprint density at radius 2 is 1.85 bits per heavy atom. The van der Waals surface area contributed by atoms with Gasteiger partial charge in [-0.05, 0) is 30.7 Å². The third-order valence-electron chi connectivity index (χ3n) is 3.41. The van der Waals surface area contributed by atoms with Crippen molar-refractivity contribution in [3.8, 4) is 6.07 Å². The maximum absolute atomic E-state index is 12.0. The van der Waals surface area contributed by atoms with Gasteiger partial charge in [0.2, 0.25) is 0 Å². The van der Waals surface area contributed by atoms with Gasteiger partial charge < -0.3 is 10.1 Å². The summed E-state index contributed by atoms with van der Waals surface area (Å²) in [5.74, 6) is -1.50. The van der Waals surface area contributed by atoms with Crippen molar-refractivity contribution in [3.05, 3.63) is 71.3 Å². The molecule has 0 aliphatic rings. The van der Waals surface area contributed by atoms with Crippen LogP contribution in [0.4, 0.5) is 4.79 Å². The molecule has 2 N–H and O–H groups in total. The largest absolute Gasteiger partial charge is 0.449 e. The first-order chi connectivity index (χ1) is 12.5. The molecule has 0 fully saturated rings. The zero-order valence-corrected chi connectivity index (χ0v) is 14.1. The molecule has 2 aromatic rings. The molecule has 0 saturated carbocycles. The van der Waals surface area contributed by atoms with Gasteiger partial charge in [0.15, 0.2) is 6.10 Å². The summed E-state index contributed by atoms with van der Waals surface area (Å²) in [6.07, 6.45) is -1.17. The Kier molecular flexibility index (Phi) is 6.46. The quantitative estimate of drug-likeness (QED) is 0.802. The lowest BCUT2D eigenvalue weighted by Crippen LogP contribution is -2.44. The minimum absolute atomic E-state index is 0.150. The SMILES string of the molecule is C[C@@H](OC(=O)c1cccc(C#N)c1)C(=O)NC(=O)NCc1ccccc1. The summed E-state index contributed by atoms with van der Waals surface area (Å²) in [6.45, 7) is 1.61. The smallest absolute Gasteiger partial charge is 0.338 e. The van der Waals surface area contributed by atoms with Gasteiger partial charge >= 0.3 is 12.0 Å². The van der Waals surface area contributed by atoms with Gasteiger partial charge in [-0.3, -0.25) is 10.1 Å². The van der Waals surface area contributed by atoms with Crippen LogP contribution in [0.25, 0.3) is 0 Å². The summed E-state index contributed by atoms with van der Waals surface area (Å²) in [5.41, 5.74) is 1.33. The van der Waals surface area contributed by atoms with Crippen LogP contribution in [0.5, 0.6) is 0 Å².